The van der Waals surface area contributed by atoms with Crippen LogP contribution in [0.1, 0.15) is 19.3 Å². The minimum atomic E-state index is -1.11. The first-order valence-electron chi connectivity index (χ1n) is 4.58. The molecule has 0 radical (unpaired) electrons. The van der Waals surface area contributed by atoms with Gasteiger partial charge in [-0.3, -0.25) is 4.79 Å². The van der Waals surface area contributed by atoms with Gasteiger partial charge in [0.15, 0.2) is 5.78 Å². The summed E-state index contributed by atoms with van der Waals surface area (Å²) in [5.74, 6) is 0.273. The zero-order valence-corrected chi connectivity index (χ0v) is 9.82. The van der Waals surface area contributed by atoms with Crippen molar-refractivity contribution in [2.24, 2.45) is 0 Å². The molecule has 3 heteroatoms. The van der Waals surface area contributed by atoms with Gasteiger partial charge < -0.3 is 0 Å². The minimum Gasteiger partial charge on any atom is -0.298 e. The highest BCUT2D eigenvalue weighted by Gasteiger charge is 2.34. The third-order valence-corrected chi connectivity index (χ3v) is 6.19. The van der Waals surface area contributed by atoms with Crippen molar-refractivity contribution in [3.8, 4) is 0 Å². The zero-order chi connectivity index (χ0) is 9.35. The maximum Gasteiger partial charge on any atom is 0.150 e. The Morgan fingerprint density at radius 3 is 2.33 bits per heavy atom. The summed E-state index contributed by atoms with van der Waals surface area (Å²) in [5.41, 5.74) is 0.667. The molecule has 0 bridgehead atoms. The van der Waals surface area contributed by atoms with Crippen molar-refractivity contribution >= 4 is 25.5 Å². The Bertz CT molecular complexity index is 185. The first-order chi connectivity index (χ1) is 5.41. The van der Waals surface area contributed by atoms with E-state index in [-0.39, 0.29) is 11.2 Å². The van der Waals surface area contributed by atoms with Crippen molar-refractivity contribution in [1.82, 2.24) is 0 Å². The van der Waals surface area contributed by atoms with E-state index in [1.807, 2.05) is 0 Å². The van der Waals surface area contributed by atoms with Crippen LogP contribution in [0.25, 0.3) is 0 Å². The summed E-state index contributed by atoms with van der Waals surface area (Å²) in [6.07, 6.45) is 2.80. The lowest BCUT2D eigenvalue weighted by Crippen LogP contribution is -2.35. The molecule has 70 valence electrons. The summed E-state index contributed by atoms with van der Waals surface area (Å²) >= 11 is 5.85. The van der Waals surface area contributed by atoms with Gasteiger partial charge in [-0.25, -0.2) is 0 Å². The Morgan fingerprint density at radius 1 is 1.33 bits per heavy atom. The molecule has 1 fully saturated rings. The van der Waals surface area contributed by atoms with Crippen LogP contribution in [0.15, 0.2) is 0 Å². The van der Waals surface area contributed by atoms with Crippen LogP contribution in [0.4, 0.5) is 0 Å². The molecule has 0 saturated heterocycles. The molecule has 1 aliphatic carbocycles. The molecule has 0 spiro atoms. The van der Waals surface area contributed by atoms with Crippen molar-refractivity contribution in [2.45, 2.75) is 49.8 Å². The number of carbonyl (C=O) groups is 1. The minimum absolute atomic E-state index is 0.183. The fourth-order valence-corrected chi connectivity index (χ4v) is 3.78. The smallest absolute Gasteiger partial charge is 0.150 e. The molecule has 2 unspecified atom stereocenters. The summed E-state index contributed by atoms with van der Waals surface area (Å²) in [6, 6.07) is 0. The maximum atomic E-state index is 11.3. The molecule has 0 aromatic heterocycles. The predicted octanol–water partition coefficient (Wildman–Crippen LogP) is 3.06. The van der Waals surface area contributed by atoms with Gasteiger partial charge in [0.2, 0.25) is 0 Å². The van der Waals surface area contributed by atoms with E-state index in [9.17, 15) is 4.79 Å². The van der Waals surface area contributed by atoms with E-state index in [0.29, 0.717) is 5.54 Å². The maximum absolute atomic E-state index is 11.3. The van der Waals surface area contributed by atoms with Gasteiger partial charge in [0, 0.05) is 14.5 Å². The van der Waals surface area contributed by atoms with Gasteiger partial charge >= 0.3 is 0 Å². The molecule has 1 nitrogen and oxygen atoms in total. The zero-order valence-electron chi connectivity index (χ0n) is 8.06. The highest BCUT2D eigenvalue weighted by atomic mass is 35.5. The van der Waals surface area contributed by atoms with Gasteiger partial charge in [0.05, 0.1) is 5.38 Å². The quantitative estimate of drug-likeness (QED) is 0.474. The number of alkyl halides is 1. The second kappa shape index (κ2) is 3.50. The van der Waals surface area contributed by atoms with Crippen molar-refractivity contribution in [3.63, 3.8) is 0 Å². The van der Waals surface area contributed by atoms with Crippen molar-refractivity contribution < 1.29 is 4.79 Å². The van der Waals surface area contributed by atoms with Gasteiger partial charge in [-0.2, -0.15) is 0 Å². The van der Waals surface area contributed by atoms with Crippen LogP contribution >= 0.6 is 11.6 Å². The van der Waals surface area contributed by atoms with E-state index in [2.05, 4.69) is 19.6 Å². The van der Waals surface area contributed by atoms with Gasteiger partial charge in [0.25, 0.3) is 0 Å². The molecule has 0 aromatic rings. The van der Waals surface area contributed by atoms with Crippen LogP contribution in [0.3, 0.4) is 0 Å². The highest BCUT2D eigenvalue weighted by Crippen LogP contribution is 2.36. The summed E-state index contributed by atoms with van der Waals surface area (Å²) in [5, 5.41) is -0.183. The Balaban J connectivity index is 2.57. The van der Waals surface area contributed by atoms with E-state index in [1.54, 1.807) is 0 Å². The average Bonchev–Trinajstić information content (AvgIpc) is 1.92. The second-order valence-corrected chi connectivity index (χ2v) is 10.9. The number of halogens is 1. The van der Waals surface area contributed by atoms with Crippen LogP contribution in [0, 0.1) is 0 Å². The molecular weight excluding hydrogens is 188 g/mol. The van der Waals surface area contributed by atoms with Gasteiger partial charge in [-0.1, -0.05) is 26.1 Å². The van der Waals surface area contributed by atoms with Gasteiger partial charge in [0.1, 0.15) is 0 Å². The Hall–Kier alpha value is 0.177. The lowest BCUT2D eigenvalue weighted by molar-refractivity contribution is -0.119. The Labute approximate surface area is 80.5 Å². The Morgan fingerprint density at radius 2 is 1.92 bits per heavy atom. The molecule has 1 saturated carbocycles. The largest absolute Gasteiger partial charge is 0.298 e. The van der Waals surface area contributed by atoms with Crippen LogP contribution in [-0.4, -0.2) is 19.2 Å². The van der Waals surface area contributed by atoms with Crippen molar-refractivity contribution in [2.75, 3.05) is 0 Å². The first kappa shape index (κ1) is 10.3. The number of rotatable bonds is 1. The number of hydrogen-bond donors (Lipinski definition) is 0. The normalized spacial score (nSPS) is 32.2. The second-order valence-electron chi connectivity index (χ2n) is 4.78. The molecule has 1 aliphatic rings. The fourth-order valence-electron chi connectivity index (χ4n) is 1.72. The third-order valence-electron chi connectivity index (χ3n) is 2.79. The average molecular weight is 205 g/mol. The molecule has 0 amide bonds. The summed E-state index contributed by atoms with van der Waals surface area (Å²) in [7, 11) is -1.11. The fraction of sp³-hybridized carbons (Fsp3) is 0.889. The first-order valence-corrected chi connectivity index (χ1v) is 8.59. The van der Waals surface area contributed by atoms with Crippen LogP contribution in [0.2, 0.25) is 25.2 Å². The lowest BCUT2D eigenvalue weighted by Gasteiger charge is -2.33. The summed E-state index contributed by atoms with van der Waals surface area (Å²) < 4.78 is 0. The SMILES string of the molecule is C[Si](C)(C)C1CCC(Cl)C(=O)C1. The number of carbonyl (C=O) groups excluding carboxylic acids is 1. The van der Waals surface area contributed by atoms with Crippen LogP contribution < -0.4 is 0 Å². The number of Topliss-reactive ketones (excluding diaryl/α,β-unsaturated/α-hetero) is 1. The van der Waals surface area contributed by atoms with Gasteiger partial charge in [-0.05, 0) is 12.0 Å². The lowest BCUT2D eigenvalue weighted by atomic mass is 9.98. The molecule has 0 heterocycles. The standard InChI is InChI=1S/C9H17ClOSi/c1-12(2,3)7-4-5-8(10)9(11)6-7/h7-8H,4-6H2,1-3H3. The van der Waals surface area contributed by atoms with Crippen molar-refractivity contribution in [3.05, 3.63) is 0 Å². The molecule has 0 N–H and O–H groups in total. The topological polar surface area (TPSA) is 17.1 Å². The predicted molar refractivity (Wildman–Crippen MR) is 55.6 cm³/mol. The van der Waals surface area contributed by atoms with E-state index in [0.717, 1.165) is 19.3 Å². The highest BCUT2D eigenvalue weighted by molar-refractivity contribution is 6.77. The number of ketones is 1. The van der Waals surface area contributed by atoms with E-state index >= 15 is 0 Å². The molecule has 0 aromatic carbocycles. The molecular formula is C9H17ClOSi. The van der Waals surface area contributed by atoms with E-state index in [4.69, 9.17) is 11.6 Å². The third kappa shape index (κ3) is 2.33. The summed E-state index contributed by atoms with van der Waals surface area (Å²) in [4.78, 5) is 11.3. The van der Waals surface area contributed by atoms with Crippen molar-refractivity contribution in [1.29, 1.82) is 0 Å². The van der Waals surface area contributed by atoms with E-state index in [1.165, 1.54) is 0 Å². The van der Waals surface area contributed by atoms with Gasteiger partial charge in [-0.15, -0.1) is 11.6 Å². The van der Waals surface area contributed by atoms with E-state index < -0.39 is 8.07 Å². The molecule has 12 heavy (non-hydrogen) atoms. The van der Waals surface area contributed by atoms with Crippen LogP contribution in [-0.2, 0) is 4.79 Å². The molecule has 2 atom stereocenters. The summed E-state index contributed by atoms with van der Waals surface area (Å²) in [6.45, 7) is 7.00. The number of hydrogen-bond acceptors (Lipinski definition) is 1. The monoisotopic (exact) mass is 204 g/mol. The Kier molecular flexibility index (Phi) is 3.00. The molecule has 0 aliphatic heterocycles. The molecule has 1 rings (SSSR count). The van der Waals surface area contributed by atoms with Crippen LogP contribution in [0.5, 0.6) is 0 Å².